The van der Waals surface area contributed by atoms with E-state index < -0.39 is 0 Å². The summed E-state index contributed by atoms with van der Waals surface area (Å²) in [6.07, 6.45) is 2.34. The molecule has 1 aliphatic carbocycles. The van der Waals surface area contributed by atoms with E-state index in [0.29, 0.717) is 11.8 Å². The van der Waals surface area contributed by atoms with Crippen molar-refractivity contribution in [3.05, 3.63) is 18.7 Å². The Morgan fingerprint density at radius 1 is 1.44 bits per heavy atom. The van der Waals surface area contributed by atoms with Crippen molar-refractivity contribution in [3.8, 4) is 0 Å². The van der Waals surface area contributed by atoms with Crippen LogP contribution in [0.1, 0.15) is 30.5 Å². The van der Waals surface area contributed by atoms with Crippen molar-refractivity contribution in [2.75, 3.05) is 0 Å². The second-order valence-electron chi connectivity index (χ2n) is 2.25. The summed E-state index contributed by atoms with van der Waals surface area (Å²) in [6, 6.07) is 0. The Labute approximate surface area is 53.1 Å². The van der Waals surface area contributed by atoms with Crippen LogP contribution in [0.5, 0.6) is 0 Å². The molecular formula is C6H6N2O. The van der Waals surface area contributed by atoms with Crippen LogP contribution >= 0.6 is 0 Å². The van der Waals surface area contributed by atoms with Crippen LogP contribution in [0.4, 0.5) is 0 Å². The van der Waals surface area contributed by atoms with E-state index in [4.69, 9.17) is 11.3 Å². The Morgan fingerprint density at radius 2 is 2.22 bits per heavy atom. The van der Waals surface area contributed by atoms with Gasteiger partial charge in [0.05, 0.1) is 6.92 Å². The van der Waals surface area contributed by atoms with E-state index in [1.807, 2.05) is 0 Å². The zero-order chi connectivity index (χ0) is 6.27. The van der Waals surface area contributed by atoms with Gasteiger partial charge >= 0.3 is 0 Å². The number of hydrogen-bond donors (Lipinski definition) is 0. The van der Waals surface area contributed by atoms with E-state index in [1.54, 1.807) is 0 Å². The molecule has 0 unspecified atom stereocenters. The molecule has 0 atom stereocenters. The maximum absolute atomic E-state index is 5.20. The van der Waals surface area contributed by atoms with Gasteiger partial charge in [-0.3, -0.25) is 0 Å². The fraction of sp³-hybridized carbons (Fsp3) is 0.500. The molecule has 0 bridgehead atoms. The molecule has 3 nitrogen and oxygen atoms in total. The fourth-order valence-corrected chi connectivity index (χ4v) is 0.742. The van der Waals surface area contributed by atoms with Gasteiger partial charge in [-0.05, 0) is 12.8 Å². The summed E-state index contributed by atoms with van der Waals surface area (Å²) < 4.78 is 4.96. The van der Waals surface area contributed by atoms with Crippen molar-refractivity contribution in [2.45, 2.75) is 18.8 Å². The fourth-order valence-electron chi connectivity index (χ4n) is 0.742. The molecule has 0 aromatic carbocycles. The molecule has 3 heteroatoms. The third-order valence-electron chi connectivity index (χ3n) is 1.38. The first-order valence-corrected chi connectivity index (χ1v) is 2.95. The highest BCUT2D eigenvalue weighted by atomic mass is 16.4. The molecule has 0 amide bonds. The molecule has 1 aromatic heterocycles. The van der Waals surface area contributed by atoms with Gasteiger partial charge in [-0.25, -0.2) is 0 Å². The topological polar surface area (TPSA) is 38.9 Å². The summed E-state index contributed by atoms with van der Waals surface area (Å²) in [4.78, 5) is 0. The maximum Gasteiger partial charge on any atom is 0.221 e. The van der Waals surface area contributed by atoms with Crippen molar-refractivity contribution in [3.63, 3.8) is 0 Å². The zero-order valence-corrected chi connectivity index (χ0v) is 4.87. The molecule has 0 spiro atoms. The number of rotatable bonds is 1. The van der Waals surface area contributed by atoms with E-state index in [1.165, 1.54) is 12.8 Å². The SMILES string of the molecule is [CH]c1nnc(C2CC2)o1. The Kier molecular flexibility index (Phi) is 0.860. The van der Waals surface area contributed by atoms with Gasteiger partial charge in [-0.2, -0.15) is 0 Å². The summed E-state index contributed by atoms with van der Waals surface area (Å²) in [5.74, 6) is 1.39. The predicted molar refractivity (Wildman–Crippen MR) is 29.7 cm³/mol. The lowest BCUT2D eigenvalue weighted by molar-refractivity contribution is 0.481. The lowest BCUT2D eigenvalue weighted by Crippen LogP contribution is -1.75. The van der Waals surface area contributed by atoms with Gasteiger partial charge in [0.15, 0.2) is 0 Å². The lowest BCUT2D eigenvalue weighted by atomic mass is 10.4. The van der Waals surface area contributed by atoms with Crippen molar-refractivity contribution in [1.82, 2.24) is 10.2 Å². The predicted octanol–water partition coefficient (Wildman–Crippen LogP) is 1.01. The Balaban J connectivity index is 2.28. The normalized spacial score (nSPS) is 18.3. The van der Waals surface area contributed by atoms with Crippen LogP contribution in [0.15, 0.2) is 4.42 Å². The minimum Gasteiger partial charge on any atom is -0.425 e. The van der Waals surface area contributed by atoms with Crippen LogP contribution in [0.3, 0.4) is 0 Å². The first-order chi connectivity index (χ1) is 4.36. The standard InChI is InChI=1S/C6H6N2O/c1-4-7-8-6(9-4)5-2-3-5/h1,5H,2-3H2. The Bertz CT molecular complexity index is 215. The van der Waals surface area contributed by atoms with Gasteiger partial charge in [-0.1, -0.05) is 0 Å². The molecule has 0 saturated heterocycles. The minimum absolute atomic E-state index is 0.178. The summed E-state index contributed by atoms with van der Waals surface area (Å²) in [7, 11) is 0. The van der Waals surface area contributed by atoms with Crippen LogP contribution in [0.25, 0.3) is 0 Å². The van der Waals surface area contributed by atoms with Crippen LogP contribution in [0, 0.1) is 6.92 Å². The van der Waals surface area contributed by atoms with Crippen LogP contribution in [0.2, 0.25) is 0 Å². The molecule has 2 radical (unpaired) electrons. The van der Waals surface area contributed by atoms with Crippen molar-refractivity contribution < 1.29 is 4.42 Å². The average Bonchev–Trinajstić information content (AvgIpc) is 2.58. The van der Waals surface area contributed by atoms with Crippen molar-refractivity contribution >= 4 is 0 Å². The molecule has 2 rings (SSSR count). The molecule has 1 saturated carbocycles. The molecule has 0 N–H and O–H groups in total. The highest BCUT2D eigenvalue weighted by Gasteiger charge is 2.28. The molecule has 0 aliphatic heterocycles. The van der Waals surface area contributed by atoms with Crippen LogP contribution < -0.4 is 0 Å². The summed E-state index contributed by atoms with van der Waals surface area (Å²) in [6.45, 7) is 5.20. The molecule has 1 fully saturated rings. The van der Waals surface area contributed by atoms with Crippen LogP contribution in [-0.2, 0) is 0 Å². The monoisotopic (exact) mass is 122 g/mol. The van der Waals surface area contributed by atoms with Crippen molar-refractivity contribution in [2.24, 2.45) is 0 Å². The first-order valence-electron chi connectivity index (χ1n) is 2.95. The van der Waals surface area contributed by atoms with E-state index in [2.05, 4.69) is 10.2 Å². The minimum atomic E-state index is 0.178. The van der Waals surface area contributed by atoms with Crippen molar-refractivity contribution in [1.29, 1.82) is 0 Å². The third-order valence-corrected chi connectivity index (χ3v) is 1.38. The van der Waals surface area contributed by atoms with E-state index in [-0.39, 0.29) is 5.89 Å². The summed E-state index contributed by atoms with van der Waals surface area (Å²) in [5.41, 5.74) is 0. The third kappa shape index (κ3) is 0.823. The van der Waals surface area contributed by atoms with Gasteiger partial charge in [0.1, 0.15) is 0 Å². The molecule has 9 heavy (non-hydrogen) atoms. The van der Waals surface area contributed by atoms with Gasteiger partial charge in [0, 0.05) is 5.92 Å². The second kappa shape index (κ2) is 1.56. The molecule has 1 heterocycles. The Morgan fingerprint density at radius 3 is 2.67 bits per heavy atom. The zero-order valence-electron chi connectivity index (χ0n) is 4.87. The highest BCUT2D eigenvalue weighted by Crippen LogP contribution is 2.38. The van der Waals surface area contributed by atoms with Gasteiger partial charge in [0.25, 0.3) is 0 Å². The quantitative estimate of drug-likeness (QED) is 0.558. The number of nitrogens with zero attached hydrogens (tertiary/aromatic N) is 2. The van der Waals surface area contributed by atoms with E-state index in [0.717, 1.165) is 0 Å². The van der Waals surface area contributed by atoms with Crippen LogP contribution in [-0.4, -0.2) is 10.2 Å². The van der Waals surface area contributed by atoms with E-state index >= 15 is 0 Å². The van der Waals surface area contributed by atoms with E-state index in [9.17, 15) is 0 Å². The largest absolute Gasteiger partial charge is 0.425 e. The summed E-state index contributed by atoms with van der Waals surface area (Å²) >= 11 is 0. The lowest BCUT2D eigenvalue weighted by Gasteiger charge is -1.80. The first kappa shape index (κ1) is 4.97. The average molecular weight is 122 g/mol. The number of aromatic nitrogens is 2. The second-order valence-corrected chi connectivity index (χ2v) is 2.25. The maximum atomic E-state index is 5.20. The van der Waals surface area contributed by atoms with Gasteiger partial charge in [0.2, 0.25) is 11.8 Å². The molecular weight excluding hydrogens is 116 g/mol. The number of hydrogen-bond acceptors (Lipinski definition) is 3. The smallest absolute Gasteiger partial charge is 0.221 e. The Hall–Kier alpha value is -0.860. The molecule has 46 valence electrons. The molecule has 1 aliphatic rings. The summed E-state index contributed by atoms with van der Waals surface area (Å²) in [5, 5.41) is 7.28. The van der Waals surface area contributed by atoms with Gasteiger partial charge in [-0.15, -0.1) is 10.2 Å². The highest BCUT2D eigenvalue weighted by molar-refractivity contribution is 5.00. The molecule has 1 aromatic rings. The van der Waals surface area contributed by atoms with Gasteiger partial charge < -0.3 is 4.42 Å².